The molecule has 0 aromatic carbocycles. The first-order chi connectivity index (χ1) is 7.91. The highest BCUT2D eigenvalue weighted by molar-refractivity contribution is 8.00. The fourth-order valence-corrected chi connectivity index (χ4v) is 5.28. The van der Waals surface area contributed by atoms with E-state index in [1.54, 1.807) is 11.8 Å². The van der Waals surface area contributed by atoms with Gasteiger partial charge in [-0.2, -0.15) is 11.8 Å². The van der Waals surface area contributed by atoms with Crippen molar-refractivity contribution in [2.45, 2.75) is 17.3 Å². The first-order valence-electron chi connectivity index (χ1n) is 5.78. The second-order valence-corrected chi connectivity index (χ2v) is 8.35. The largest absolute Gasteiger partial charge is 0.379 e. The van der Waals surface area contributed by atoms with Crippen LogP contribution in [0.15, 0.2) is 0 Å². The zero-order valence-electron chi connectivity index (χ0n) is 10.1. The lowest BCUT2D eigenvalue weighted by Gasteiger charge is -2.38. The SMILES string of the molecule is CS(=O)(=O)C1CSCCN1CC1(N)CCOC1. The number of nitrogens with zero attached hydrogens (tertiary/aromatic N) is 1. The minimum absolute atomic E-state index is 0.370. The van der Waals surface area contributed by atoms with Crippen LogP contribution in [0.1, 0.15) is 6.42 Å². The fourth-order valence-electron chi connectivity index (χ4n) is 2.34. The predicted molar refractivity (Wildman–Crippen MR) is 69.9 cm³/mol. The van der Waals surface area contributed by atoms with E-state index in [2.05, 4.69) is 0 Å². The fraction of sp³-hybridized carbons (Fsp3) is 1.00. The van der Waals surface area contributed by atoms with E-state index in [4.69, 9.17) is 10.5 Å². The van der Waals surface area contributed by atoms with E-state index < -0.39 is 9.84 Å². The van der Waals surface area contributed by atoms with Crippen LogP contribution in [0.5, 0.6) is 0 Å². The van der Waals surface area contributed by atoms with Crippen LogP contribution in [0, 0.1) is 0 Å². The van der Waals surface area contributed by atoms with E-state index in [0.29, 0.717) is 25.5 Å². The summed E-state index contributed by atoms with van der Waals surface area (Å²) in [5.74, 6) is 1.62. The average Bonchev–Trinajstić information content (AvgIpc) is 2.64. The molecular formula is C10H20N2O3S2. The van der Waals surface area contributed by atoms with Gasteiger partial charge in [-0.1, -0.05) is 0 Å². The molecule has 2 aliphatic rings. The molecule has 2 aliphatic heterocycles. The summed E-state index contributed by atoms with van der Waals surface area (Å²) in [6, 6.07) is 0. The molecule has 0 amide bonds. The molecule has 2 fully saturated rings. The van der Waals surface area contributed by atoms with Crippen LogP contribution in [0.25, 0.3) is 0 Å². The molecule has 17 heavy (non-hydrogen) atoms. The molecule has 7 heteroatoms. The highest BCUT2D eigenvalue weighted by Gasteiger charge is 2.38. The van der Waals surface area contributed by atoms with Crippen molar-refractivity contribution in [1.29, 1.82) is 0 Å². The van der Waals surface area contributed by atoms with Gasteiger partial charge in [0.1, 0.15) is 5.37 Å². The van der Waals surface area contributed by atoms with E-state index in [0.717, 1.165) is 18.7 Å². The van der Waals surface area contributed by atoms with Gasteiger partial charge >= 0.3 is 0 Å². The van der Waals surface area contributed by atoms with Gasteiger partial charge < -0.3 is 10.5 Å². The summed E-state index contributed by atoms with van der Waals surface area (Å²) in [6.45, 7) is 2.63. The van der Waals surface area contributed by atoms with Crippen molar-refractivity contribution >= 4 is 21.6 Å². The Morgan fingerprint density at radius 2 is 2.35 bits per heavy atom. The third kappa shape index (κ3) is 3.35. The minimum Gasteiger partial charge on any atom is -0.379 e. The predicted octanol–water partition coefficient (Wildman–Crippen LogP) is -0.476. The third-order valence-corrected chi connectivity index (χ3v) is 6.02. The molecule has 2 atom stereocenters. The lowest BCUT2D eigenvalue weighted by molar-refractivity contribution is 0.151. The van der Waals surface area contributed by atoms with E-state index in [1.165, 1.54) is 6.26 Å². The van der Waals surface area contributed by atoms with Gasteiger partial charge in [-0.3, -0.25) is 4.90 Å². The van der Waals surface area contributed by atoms with E-state index in [-0.39, 0.29) is 10.9 Å². The normalized spacial score (nSPS) is 36.2. The molecule has 0 radical (unpaired) electrons. The maximum Gasteiger partial charge on any atom is 0.164 e. The molecule has 5 nitrogen and oxygen atoms in total. The van der Waals surface area contributed by atoms with Crippen LogP contribution in [0.4, 0.5) is 0 Å². The maximum atomic E-state index is 11.7. The Morgan fingerprint density at radius 1 is 1.59 bits per heavy atom. The number of hydrogen-bond acceptors (Lipinski definition) is 6. The highest BCUT2D eigenvalue weighted by atomic mass is 32.2. The Bertz CT molecular complexity index is 366. The van der Waals surface area contributed by atoms with Gasteiger partial charge in [0.25, 0.3) is 0 Å². The lowest BCUT2D eigenvalue weighted by atomic mass is 9.99. The van der Waals surface area contributed by atoms with E-state index >= 15 is 0 Å². The number of nitrogens with two attached hydrogens (primary N) is 1. The van der Waals surface area contributed by atoms with E-state index in [1.807, 2.05) is 4.90 Å². The summed E-state index contributed by atoms with van der Waals surface area (Å²) < 4.78 is 28.8. The number of hydrogen-bond donors (Lipinski definition) is 1. The Labute approximate surface area is 107 Å². The molecule has 0 aromatic rings. The number of thioether (sulfide) groups is 1. The highest BCUT2D eigenvalue weighted by Crippen LogP contribution is 2.24. The Hall–Kier alpha value is 0.180. The van der Waals surface area contributed by atoms with Crippen LogP contribution in [0.2, 0.25) is 0 Å². The summed E-state index contributed by atoms with van der Waals surface area (Å²) in [4.78, 5) is 2.01. The molecule has 2 N–H and O–H groups in total. The second kappa shape index (κ2) is 5.05. The van der Waals surface area contributed by atoms with Gasteiger partial charge in [0.05, 0.1) is 12.1 Å². The second-order valence-electron chi connectivity index (χ2n) is 4.99. The Kier molecular flexibility index (Phi) is 4.04. The molecule has 2 saturated heterocycles. The zero-order valence-corrected chi connectivity index (χ0v) is 11.7. The molecule has 2 rings (SSSR count). The monoisotopic (exact) mass is 280 g/mol. The van der Waals surface area contributed by atoms with Crippen LogP contribution in [-0.4, -0.2) is 68.3 Å². The first-order valence-corrected chi connectivity index (χ1v) is 8.89. The molecule has 0 bridgehead atoms. The molecule has 100 valence electrons. The van der Waals surface area contributed by atoms with Gasteiger partial charge in [0, 0.05) is 37.5 Å². The summed E-state index contributed by atoms with van der Waals surface area (Å²) in [6.07, 6.45) is 2.12. The zero-order chi connectivity index (χ0) is 12.5. The van der Waals surface area contributed by atoms with Crippen molar-refractivity contribution in [1.82, 2.24) is 4.90 Å². The lowest BCUT2D eigenvalue weighted by Crippen LogP contribution is -2.57. The molecule has 0 aromatic heterocycles. The molecule has 0 saturated carbocycles. The van der Waals surface area contributed by atoms with Gasteiger partial charge in [-0.15, -0.1) is 0 Å². The van der Waals surface area contributed by atoms with Crippen LogP contribution in [0.3, 0.4) is 0 Å². The standard InChI is InChI=1S/C10H20N2O3S2/c1-17(13,14)9-6-16-5-3-12(9)7-10(11)2-4-15-8-10/h9H,2-8,11H2,1H3. The van der Waals surface area contributed by atoms with Crippen molar-refractivity contribution in [3.63, 3.8) is 0 Å². The summed E-state index contributed by atoms with van der Waals surface area (Å²) in [5, 5.41) is -0.387. The topological polar surface area (TPSA) is 72.6 Å². The molecular weight excluding hydrogens is 260 g/mol. The molecule has 2 unspecified atom stereocenters. The summed E-state index contributed by atoms with van der Waals surface area (Å²) in [5.41, 5.74) is 5.86. The molecule has 0 spiro atoms. The van der Waals surface area contributed by atoms with Crippen molar-refractivity contribution in [2.24, 2.45) is 5.73 Å². The number of sulfone groups is 1. The van der Waals surface area contributed by atoms with Gasteiger partial charge in [-0.25, -0.2) is 8.42 Å². The van der Waals surface area contributed by atoms with Gasteiger partial charge in [0.2, 0.25) is 0 Å². The van der Waals surface area contributed by atoms with Gasteiger partial charge in [-0.05, 0) is 6.42 Å². The first kappa shape index (κ1) is 13.6. The third-order valence-electron chi connectivity index (χ3n) is 3.34. The average molecular weight is 280 g/mol. The van der Waals surface area contributed by atoms with Crippen molar-refractivity contribution < 1.29 is 13.2 Å². The Morgan fingerprint density at radius 3 is 2.94 bits per heavy atom. The van der Waals surface area contributed by atoms with Crippen LogP contribution < -0.4 is 5.73 Å². The Balaban J connectivity index is 2.06. The quantitative estimate of drug-likeness (QED) is 0.753. The molecule has 2 heterocycles. The van der Waals surface area contributed by atoms with E-state index in [9.17, 15) is 8.42 Å². The van der Waals surface area contributed by atoms with Crippen molar-refractivity contribution in [3.8, 4) is 0 Å². The number of ether oxygens (including phenoxy) is 1. The van der Waals surface area contributed by atoms with Crippen molar-refractivity contribution in [3.05, 3.63) is 0 Å². The summed E-state index contributed by atoms with van der Waals surface area (Å²) in [7, 11) is -3.03. The molecule has 0 aliphatic carbocycles. The summed E-state index contributed by atoms with van der Waals surface area (Å²) >= 11 is 1.70. The van der Waals surface area contributed by atoms with Crippen molar-refractivity contribution in [2.75, 3.05) is 44.1 Å². The minimum atomic E-state index is -3.03. The van der Waals surface area contributed by atoms with Gasteiger partial charge in [0.15, 0.2) is 9.84 Å². The van der Waals surface area contributed by atoms with Crippen LogP contribution >= 0.6 is 11.8 Å². The smallest absolute Gasteiger partial charge is 0.164 e. The van der Waals surface area contributed by atoms with Crippen LogP contribution in [-0.2, 0) is 14.6 Å². The maximum absolute atomic E-state index is 11.7. The number of rotatable bonds is 3.